The molecule has 2 aliphatic rings. The smallest absolute Gasteiger partial charge is 0.329 e. The van der Waals surface area contributed by atoms with Gasteiger partial charge < -0.3 is 10.4 Å². The number of hydrogen-bond donors (Lipinski definition) is 2. The molecular formula is C15H15N3O2S2. The number of anilines is 1. The number of nitrogens with one attached hydrogen (secondary N) is 1. The fourth-order valence-corrected chi connectivity index (χ4v) is 4.61. The Morgan fingerprint density at radius 3 is 2.91 bits per heavy atom. The minimum atomic E-state index is -0.865. The maximum Gasteiger partial charge on any atom is 0.329 e. The number of aromatic nitrogens is 1. The molecule has 4 rings (SSSR count). The third kappa shape index (κ3) is 2.59. The molecule has 0 unspecified atom stereocenters. The minimum Gasteiger partial charge on any atom is -0.480 e. The van der Waals surface area contributed by atoms with Gasteiger partial charge in [-0.25, -0.2) is 9.78 Å². The molecule has 0 bridgehead atoms. The van der Waals surface area contributed by atoms with Crippen LogP contribution in [0.3, 0.4) is 0 Å². The molecule has 5 nitrogen and oxygen atoms in total. The summed E-state index contributed by atoms with van der Waals surface area (Å²) in [5.74, 6) is -0.370. The Labute approximate surface area is 135 Å². The van der Waals surface area contributed by atoms with E-state index in [0.717, 1.165) is 26.0 Å². The second kappa shape index (κ2) is 5.55. The van der Waals surface area contributed by atoms with Gasteiger partial charge in [0.1, 0.15) is 10.1 Å². The van der Waals surface area contributed by atoms with Crippen molar-refractivity contribution in [1.82, 2.24) is 4.98 Å². The molecule has 1 aliphatic heterocycles. The van der Waals surface area contributed by atoms with E-state index in [0.29, 0.717) is 11.8 Å². The van der Waals surface area contributed by atoms with Crippen LogP contribution in [0.15, 0.2) is 23.2 Å². The van der Waals surface area contributed by atoms with Crippen LogP contribution in [0.4, 0.5) is 5.69 Å². The van der Waals surface area contributed by atoms with Crippen molar-refractivity contribution >= 4 is 50.0 Å². The average molecular weight is 333 g/mol. The van der Waals surface area contributed by atoms with E-state index in [9.17, 15) is 4.79 Å². The highest BCUT2D eigenvalue weighted by Crippen LogP contribution is 2.32. The summed E-state index contributed by atoms with van der Waals surface area (Å²) in [6.45, 7) is 0. The number of fused-ring (bicyclic) bond motifs is 1. The number of thioether (sulfide) groups is 1. The van der Waals surface area contributed by atoms with Crippen LogP contribution in [0.2, 0.25) is 0 Å². The molecule has 0 amide bonds. The van der Waals surface area contributed by atoms with Crippen LogP contribution in [0.5, 0.6) is 0 Å². The van der Waals surface area contributed by atoms with Crippen LogP contribution < -0.4 is 5.32 Å². The number of thiazole rings is 1. The Kier molecular flexibility index (Phi) is 3.54. The van der Waals surface area contributed by atoms with Crippen molar-refractivity contribution in [2.24, 2.45) is 4.99 Å². The van der Waals surface area contributed by atoms with E-state index in [1.54, 1.807) is 11.3 Å². The van der Waals surface area contributed by atoms with Crippen molar-refractivity contribution in [3.05, 3.63) is 23.2 Å². The topological polar surface area (TPSA) is 74.6 Å². The Morgan fingerprint density at radius 2 is 2.23 bits per heavy atom. The van der Waals surface area contributed by atoms with Crippen LogP contribution >= 0.6 is 23.1 Å². The highest BCUT2D eigenvalue weighted by atomic mass is 32.2. The summed E-state index contributed by atoms with van der Waals surface area (Å²) in [5, 5.41) is 14.1. The zero-order valence-electron chi connectivity index (χ0n) is 11.8. The van der Waals surface area contributed by atoms with Crippen LogP contribution in [0.25, 0.3) is 10.2 Å². The van der Waals surface area contributed by atoms with Crippen molar-refractivity contribution in [2.75, 3.05) is 11.1 Å². The van der Waals surface area contributed by atoms with Crippen molar-refractivity contribution < 1.29 is 9.90 Å². The maximum absolute atomic E-state index is 11.0. The molecule has 114 valence electrons. The lowest BCUT2D eigenvalue weighted by atomic mass is 9.93. The molecule has 2 heterocycles. The number of benzene rings is 1. The largest absolute Gasteiger partial charge is 0.480 e. The Morgan fingerprint density at radius 1 is 1.36 bits per heavy atom. The van der Waals surface area contributed by atoms with Crippen molar-refractivity contribution in [2.45, 2.75) is 31.3 Å². The number of hydrogen-bond acceptors (Lipinski definition) is 6. The summed E-state index contributed by atoms with van der Waals surface area (Å²) in [5.41, 5.74) is 2.08. The molecule has 1 saturated carbocycles. The lowest BCUT2D eigenvalue weighted by Crippen LogP contribution is -2.26. The molecule has 1 aliphatic carbocycles. The van der Waals surface area contributed by atoms with Gasteiger partial charge in [-0.3, -0.25) is 4.99 Å². The maximum atomic E-state index is 11.0. The molecule has 2 N–H and O–H groups in total. The molecule has 7 heteroatoms. The number of aliphatic carboxylic acids is 1. The van der Waals surface area contributed by atoms with Crippen molar-refractivity contribution in [1.29, 1.82) is 0 Å². The van der Waals surface area contributed by atoms with Crippen LogP contribution in [0, 0.1) is 0 Å². The molecule has 2 aromatic rings. The molecule has 0 saturated heterocycles. The first-order valence-corrected chi connectivity index (χ1v) is 9.10. The highest BCUT2D eigenvalue weighted by Gasteiger charge is 2.27. The first-order valence-electron chi connectivity index (χ1n) is 7.30. The normalized spacial score (nSPS) is 21.6. The van der Waals surface area contributed by atoms with Gasteiger partial charge in [-0.1, -0.05) is 0 Å². The summed E-state index contributed by atoms with van der Waals surface area (Å²) in [7, 11) is 0. The van der Waals surface area contributed by atoms with Crippen LogP contribution in [-0.2, 0) is 4.79 Å². The first kappa shape index (κ1) is 14.0. The molecule has 22 heavy (non-hydrogen) atoms. The molecule has 0 radical (unpaired) electrons. The van der Waals surface area contributed by atoms with E-state index >= 15 is 0 Å². The summed E-state index contributed by atoms with van der Waals surface area (Å²) < 4.78 is 1.11. The molecule has 1 aromatic heterocycles. The third-order valence-electron chi connectivity index (χ3n) is 3.98. The number of rotatable bonds is 4. The first-order chi connectivity index (χ1) is 10.7. The van der Waals surface area contributed by atoms with Gasteiger partial charge in [0.05, 0.1) is 10.2 Å². The van der Waals surface area contributed by atoms with Gasteiger partial charge in [0.2, 0.25) is 0 Å². The van der Waals surface area contributed by atoms with E-state index in [1.165, 1.54) is 31.0 Å². The highest BCUT2D eigenvalue weighted by molar-refractivity contribution is 8.15. The zero-order valence-corrected chi connectivity index (χ0v) is 13.4. The van der Waals surface area contributed by atoms with Crippen molar-refractivity contribution in [3.8, 4) is 0 Å². The van der Waals surface area contributed by atoms with Gasteiger partial charge in [-0.05, 0) is 37.5 Å². The number of carboxylic acids is 1. The summed E-state index contributed by atoms with van der Waals surface area (Å²) in [4.78, 5) is 19.8. The zero-order chi connectivity index (χ0) is 15.1. The number of carboxylic acid groups (broad SMARTS) is 1. The summed E-state index contributed by atoms with van der Waals surface area (Å²) >= 11 is 3.06. The van der Waals surface area contributed by atoms with Crippen LogP contribution in [0.1, 0.15) is 24.3 Å². The third-order valence-corrected chi connectivity index (χ3v) is 6.19. The number of nitrogens with zero attached hydrogens (tertiary/aromatic N) is 2. The van der Waals surface area contributed by atoms with Crippen LogP contribution in [-0.4, -0.2) is 38.9 Å². The second-order valence-electron chi connectivity index (χ2n) is 5.57. The lowest BCUT2D eigenvalue weighted by Gasteiger charge is -2.27. The Balaban J connectivity index is 1.60. The van der Waals surface area contributed by atoms with Crippen molar-refractivity contribution in [3.63, 3.8) is 0 Å². The molecule has 0 spiro atoms. The van der Waals surface area contributed by atoms with Gasteiger partial charge in [0.25, 0.3) is 0 Å². The lowest BCUT2D eigenvalue weighted by molar-refractivity contribution is -0.137. The quantitative estimate of drug-likeness (QED) is 0.899. The van der Waals surface area contributed by atoms with E-state index in [1.807, 2.05) is 6.07 Å². The SMILES string of the molecule is O=C(O)[C@H]1CSC(c2nc3ccc(NC4CCC4)cc3s2)=N1. The summed E-state index contributed by atoms with van der Waals surface area (Å²) in [6.07, 6.45) is 3.80. The molecule has 1 aromatic carbocycles. The predicted molar refractivity (Wildman–Crippen MR) is 91.3 cm³/mol. The van der Waals surface area contributed by atoms with E-state index < -0.39 is 12.0 Å². The van der Waals surface area contributed by atoms with Gasteiger partial charge in [-0.2, -0.15) is 0 Å². The molecule has 1 fully saturated rings. The Hall–Kier alpha value is -1.60. The minimum absolute atomic E-state index is 0.495. The predicted octanol–water partition coefficient (Wildman–Crippen LogP) is 3.21. The van der Waals surface area contributed by atoms with E-state index in [4.69, 9.17) is 5.11 Å². The number of aliphatic imine (C=N–C) groups is 1. The molecular weight excluding hydrogens is 318 g/mol. The van der Waals surface area contributed by atoms with E-state index in [2.05, 4.69) is 27.4 Å². The van der Waals surface area contributed by atoms with E-state index in [-0.39, 0.29) is 0 Å². The van der Waals surface area contributed by atoms with Gasteiger partial charge >= 0.3 is 5.97 Å². The summed E-state index contributed by atoms with van der Waals surface area (Å²) in [6, 6.07) is 6.18. The fourth-order valence-electron chi connectivity index (χ4n) is 2.51. The van der Waals surface area contributed by atoms with Gasteiger partial charge in [0, 0.05) is 17.5 Å². The second-order valence-corrected chi connectivity index (χ2v) is 7.61. The Bertz CT molecular complexity index is 767. The fraction of sp³-hybridized carbons (Fsp3) is 0.400. The number of carbonyl (C=O) groups is 1. The molecule has 1 atom stereocenters. The monoisotopic (exact) mass is 333 g/mol. The average Bonchev–Trinajstić information content (AvgIpc) is 3.08. The van der Waals surface area contributed by atoms with Gasteiger partial charge in [-0.15, -0.1) is 23.1 Å². The van der Waals surface area contributed by atoms with Gasteiger partial charge in [0.15, 0.2) is 6.04 Å². The standard InChI is InChI=1S/C15H15N3O2S2/c19-15(20)11-7-21-13(18-11)14-17-10-5-4-9(6-12(10)22-14)16-8-2-1-3-8/h4-6,8,11,16H,1-3,7H2,(H,19,20)/t11-/m1/s1.